The van der Waals surface area contributed by atoms with Gasteiger partial charge in [-0.05, 0) is 53.2 Å². The van der Waals surface area contributed by atoms with Gasteiger partial charge in [-0.2, -0.15) is 36.4 Å². The van der Waals surface area contributed by atoms with Crippen LogP contribution in [0.3, 0.4) is 0 Å². The van der Waals surface area contributed by atoms with Gasteiger partial charge in [0.15, 0.2) is 5.17 Å². The van der Waals surface area contributed by atoms with Crippen LogP contribution in [0.4, 0.5) is 26.3 Å². The number of benzene rings is 2. The Morgan fingerprint density at radius 2 is 1.90 bits per heavy atom. The maximum absolute atomic E-state index is 13.6. The summed E-state index contributed by atoms with van der Waals surface area (Å²) in [6, 6.07) is 6.45. The smallest absolute Gasteiger partial charge is 0.395 e. The van der Waals surface area contributed by atoms with Crippen LogP contribution in [0.2, 0.25) is 0 Å². The summed E-state index contributed by atoms with van der Waals surface area (Å²) in [4.78, 5) is 19.0. The first-order valence-corrected chi connectivity index (χ1v) is 12.6. The van der Waals surface area contributed by atoms with Crippen LogP contribution >= 0.6 is 11.8 Å². The van der Waals surface area contributed by atoms with Crippen LogP contribution in [-0.2, 0) is 23.7 Å². The normalized spacial score (nSPS) is 19.8. The molecule has 1 saturated heterocycles. The summed E-state index contributed by atoms with van der Waals surface area (Å²) in [6.07, 6.45) is -6.78. The van der Waals surface area contributed by atoms with E-state index in [1.165, 1.54) is 22.6 Å². The molecule has 5 rings (SSSR count). The number of thioether (sulfide) groups is 1. The van der Waals surface area contributed by atoms with Crippen LogP contribution in [0, 0.1) is 0 Å². The van der Waals surface area contributed by atoms with Crippen molar-refractivity contribution in [2.75, 3.05) is 26.2 Å². The number of fused-ring (bicyclic) bond motifs is 1. The minimum absolute atomic E-state index is 0.0326. The van der Waals surface area contributed by atoms with Crippen molar-refractivity contribution in [3.8, 4) is 0 Å². The third-order valence-electron chi connectivity index (χ3n) is 6.38. The average Bonchev–Trinajstić information content (AvgIpc) is 3.45. The van der Waals surface area contributed by atoms with Gasteiger partial charge in [-0.15, -0.1) is 0 Å². The van der Waals surface area contributed by atoms with Gasteiger partial charge in [0.2, 0.25) is 0 Å². The fourth-order valence-corrected chi connectivity index (χ4v) is 5.39. The van der Waals surface area contributed by atoms with E-state index >= 15 is 0 Å². The number of hydrogen-bond donors (Lipinski definition) is 2. The van der Waals surface area contributed by atoms with Crippen LogP contribution in [0.15, 0.2) is 52.5 Å². The molecule has 1 amide bonds. The Morgan fingerprint density at radius 3 is 2.62 bits per heavy atom. The van der Waals surface area contributed by atoms with Crippen molar-refractivity contribution in [1.29, 1.82) is 0 Å². The molecule has 0 aliphatic carbocycles. The Balaban J connectivity index is 1.36. The summed E-state index contributed by atoms with van der Waals surface area (Å²) in [5, 5.41) is 17.8. The van der Waals surface area contributed by atoms with Crippen molar-refractivity contribution in [3.05, 3.63) is 69.8 Å². The number of rotatable bonds is 4. The van der Waals surface area contributed by atoms with Crippen LogP contribution in [-0.4, -0.2) is 63.1 Å². The van der Waals surface area contributed by atoms with E-state index in [1.54, 1.807) is 24.3 Å². The van der Waals surface area contributed by atoms with E-state index in [4.69, 9.17) is 0 Å². The molecule has 2 aliphatic heterocycles. The highest BCUT2D eigenvalue weighted by atomic mass is 32.2. The number of nitrogens with zero attached hydrogens (tertiary/aromatic N) is 4. The minimum atomic E-state index is -4.98. The quantitative estimate of drug-likeness (QED) is 0.359. The highest BCUT2D eigenvalue weighted by Crippen LogP contribution is 2.38. The lowest BCUT2D eigenvalue weighted by Gasteiger charge is -2.33. The predicted molar refractivity (Wildman–Crippen MR) is 134 cm³/mol. The van der Waals surface area contributed by atoms with Crippen LogP contribution in [0.5, 0.6) is 0 Å². The summed E-state index contributed by atoms with van der Waals surface area (Å²) in [6.45, 7) is 1.39. The molecule has 0 spiro atoms. The summed E-state index contributed by atoms with van der Waals surface area (Å²) in [5.41, 5.74) is -1.97. The number of aliphatic hydroxyl groups excluding tert-OH is 1. The maximum atomic E-state index is 13.6. The first-order chi connectivity index (χ1) is 18.4. The van der Waals surface area contributed by atoms with Crippen molar-refractivity contribution in [3.63, 3.8) is 0 Å². The molecule has 0 saturated carbocycles. The molecule has 206 valence electrons. The highest BCUT2D eigenvalue weighted by molar-refractivity contribution is 8.18. The molecule has 1 atom stereocenters. The number of amides is 1. The topological polar surface area (TPSA) is 82.8 Å². The number of carbonyl (C=O) groups excluding carboxylic acids is 1. The van der Waals surface area contributed by atoms with Crippen molar-refractivity contribution >= 4 is 39.8 Å². The first-order valence-electron chi connectivity index (χ1n) is 11.8. The number of halogens is 6. The highest BCUT2D eigenvalue weighted by Gasteiger charge is 2.38. The molecule has 3 aromatic rings. The zero-order chi connectivity index (χ0) is 27.9. The molecular weight excluding hydrogens is 548 g/mol. The Morgan fingerprint density at radius 1 is 1.10 bits per heavy atom. The van der Waals surface area contributed by atoms with Gasteiger partial charge < -0.3 is 15.3 Å². The van der Waals surface area contributed by atoms with Gasteiger partial charge in [0.25, 0.3) is 5.91 Å². The monoisotopic (exact) mass is 569 g/mol. The SMILES string of the molecule is O=C1N=C(N2CCNC(CO)C2)S/C1=C\c1ccc2c(cnn2Cc2ccc(C(F)(F)F)cc2C(F)(F)F)c1. The Labute approximate surface area is 222 Å². The molecule has 7 nitrogen and oxygen atoms in total. The number of piperazine rings is 1. The number of nitrogens with one attached hydrogen (secondary N) is 1. The second-order valence-corrected chi connectivity index (χ2v) is 10.1. The molecule has 0 bridgehead atoms. The number of carbonyl (C=O) groups is 1. The van der Waals surface area contributed by atoms with Crippen LogP contribution < -0.4 is 5.32 Å². The largest absolute Gasteiger partial charge is 0.416 e. The van der Waals surface area contributed by atoms with E-state index in [0.717, 1.165) is 6.07 Å². The van der Waals surface area contributed by atoms with E-state index in [-0.39, 0.29) is 30.8 Å². The molecule has 2 N–H and O–H groups in total. The molecule has 3 heterocycles. The number of aromatic nitrogens is 2. The van der Waals surface area contributed by atoms with Gasteiger partial charge in [-0.25, -0.2) is 0 Å². The Kier molecular flexibility index (Phi) is 7.20. The zero-order valence-corrected chi connectivity index (χ0v) is 20.9. The van der Waals surface area contributed by atoms with Crippen molar-refractivity contribution in [2.45, 2.75) is 24.9 Å². The zero-order valence-electron chi connectivity index (χ0n) is 20.1. The molecule has 2 aromatic carbocycles. The molecule has 1 aromatic heterocycles. The van der Waals surface area contributed by atoms with Gasteiger partial charge in [0, 0.05) is 31.1 Å². The number of aliphatic imine (C=N–C) groups is 1. The summed E-state index contributed by atoms with van der Waals surface area (Å²) >= 11 is 1.22. The third-order valence-corrected chi connectivity index (χ3v) is 7.43. The van der Waals surface area contributed by atoms with Gasteiger partial charge in [-0.1, -0.05) is 12.1 Å². The fraction of sp³-hybridized carbons (Fsp3) is 0.320. The van der Waals surface area contributed by atoms with Crippen molar-refractivity contribution < 1.29 is 36.2 Å². The second kappa shape index (κ2) is 10.3. The molecule has 0 radical (unpaired) electrons. The standard InChI is InChI=1S/C25H21F6N5O2S/c26-24(27,28)17-3-2-15(19(9-17)25(29,30)31)11-36-20-4-1-14(7-16(20)10-33-36)8-21-22(38)34-23(39-21)35-6-5-32-18(12-35)13-37/h1-4,7-10,18,32,37H,5-6,11-13H2/b21-8-. The van der Waals surface area contributed by atoms with Crippen LogP contribution in [0.25, 0.3) is 17.0 Å². The van der Waals surface area contributed by atoms with Gasteiger partial charge in [0.1, 0.15) is 0 Å². The van der Waals surface area contributed by atoms with E-state index in [1.807, 2.05) is 4.90 Å². The van der Waals surface area contributed by atoms with Crippen molar-refractivity contribution in [2.24, 2.45) is 4.99 Å². The van der Waals surface area contributed by atoms with E-state index in [0.29, 0.717) is 52.2 Å². The minimum Gasteiger partial charge on any atom is -0.395 e. The lowest BCUT2D eigenvalue weighted by Crippen LogP contribution is -2.53. The molecule has 1 fully saturated rings. The number of hydrogen-bond acceptors (Lipinski definition) is 6. The van der Waals surface area contributed by atoms with Crippen molar-refractivity contribution in [1.82, 2.24) is 20.0 Å². The lowest BCUT2D eigenvalue weighted by molar-refractivity contribution is -0.143. The summed E-state index contributed by atoms with van der Waals surface area (Å²) in [5.74, 6) is -0.396. The molecule has 2 aliphatic rings. The third kappa shape index (κ3) is 5.82. The number of amidine groups is 1. The molecular formula is C25H21F6N5O2S. The number of aliphatic hydroxyl groups is 1. The van der Waals surface area contributed by atoms with E-state index in [2.05, 4.69) is 15.4 Å². The number of alkyl halides is 6. The van der Waals surface area contributed by atoms with Gasteiger partial charge >= 0.3 is 12.4 Å². The predicted octanol–water partition coefficient (Wildman–Crippen LogP) is 4.36. The Bertz CT molecular complexity index is 1480. The lowest BCUT2D eigenvalue weighted by atomic mass is 10.0. The summed E-state index contributed by atoms with van der Waals surface area (Å²) < 4.78 is 80.9. The van der Waals surface area contributed by atoms with Crippen LogP contribution in [0.1, 0.15) is 22.3 Å². The first kappa shape index (κ1) is 27.2. The molecule has 39 heavy (non-hydrogen) atoms. The second-order valence-electron chi connectivity index (χ2n) is 9.08. The van der Waals surface area contributed by atoms with Gasteiger partial charge in [-0.3, -0.25) is 9.48 Å². The molecule has 1 unspecified atom stereocenters. The van der Waals surface area contributed by atoms with E-state index < -0.39 is 29.4 Å². The summed E-state index contributed by atoms with van der Waals surface area (Å²) in [7, 11) is 0. The van der Waals surface area contributed by atoms with Gasteiger partial charge in [0.05, 0.1) is 40.9 Å². The van der Waals surface area contributed by atoms with E-state index in [9.17, 15) is 36.2 Å². The maximum Gasteiger partial charge on any atom is 0.416 e. The fourth-order valence-electron chi connectivity index (χ4n) is 4.44. The Hall–Kier alpha value is -3.36. The molecule has 14 heteroatoms. The average molecular weight is 570 g/mol.